The molecule has 0 aliphatic carbocycles. The first kappa shape index (κ1) is 13.6. The monoisotopic (exact) mass is 306 g/mol. The van der Waals surface area contributed by atoms with Gasteiger partial charge in [0.15, 0.2) is 0 Å². The molecule has 0 aliphatic heterocycles. The Labute approximate surface area is 125 Å². The Morgan fingerprint density at radius 2 is 1.95 bits per heavy atom. The van der Waals surface area contributed by atoms with Crippen LogP contribution in [0.15, 0.2) is 42.5 Å². The summed E-state index contributed by atoms with van der Waals surface area (Å²) in [5.41, 5.74) is 1.02. The second kappa shape index (κ2) is 5.17. The first-order valence-corrected chi connectivity index (χ1v) is 7.38. The maximum absolute atomic E-state index is 13.4. The van der Waals surface area contributed by atoms with Crippen molar-refractivity contribution in [2.45, 2.75) is 13.0 Å². The second-order valence-corrected chi connectivity index (χ2v) is 6.23. The molecule has 1 nitrogen and oxygen atoms in total. The van der Waals surface area contributed by atoms with Crippen LogP contribution in [0.5, 0.6) is 0 Å². The van der Waals surface area contributed by atoms with Crippen molar-refractivity contribution in [3.8, 4) is 0 Å². The molecule has 0 bridgehead atoms. The highest BCUT2D eigenvalue weighted by molar-refractivity contribution is 7.19. The average molecular weight is 307 g/mol. The van der Waals surface area contributed by atoms with Crippen molar-refractivity contribution >= 4 is 33.0 Å². The molecule has 3 aromatic rings. The van der Waals surface area contributed by atoms with Crippen molar-refractivity contribution in [1.82, 2.24) is 0 Å². The lowest BCUT2D eigenvalue weighted by Gasteiger charge is -2.12. The molecule has 0 saturated carbocycles. The Bertz CT molecular complexity index is 748. The molecule has 1 heterocycles. The predicted octanol–water partition coefficient (Wildman–Crippen LogP) is 5.08. The van der Waals surface area contributed by atoms with Crippen LogP contribution in [0, 0.1) is 12.7 Å². The number of fused-ring (bicyclic) bond motifs is 1. The van der Waals surface area contributed by atoms with Gasteiger partial charge in [-0.15, -0.1) is 11.3 Å². The highest BCUT2D eigenvalue weighted by Gasteiger charge is 2.18. The zero-order valence-electron chi connectivity index (χ0n) is 10.7. The summed E-state index contributed by atoms with van der Waals surface area (Å²) in [6, 6.07) is 12.7. The third-order valence-electron chi connectivity index (χ3n) is 3.29. The van der Waals surface area contributed by atoms with E-state index in [1.807, 2.05) is 30.3 Å². The third-order valence-corrected chi connectivity index (χ3v) is 4.78. The summed E-state index contributed by atoms with van der Waals surface area (Å²) < 4.78 is 14.5. The normalized spacial score (nSPS) is 12.8. The zero-order valence-corrected chi connectivity index (χ0v) is 12.3. The number of rotatable bonds is 2. The molecule has 3 rings (SSSR count). The van der Waals surface area contributed by atoms with E-state index in [2.05, 4.69) is 0 Å². The third kappa shape index (κ3) is 2.33. The summed E-state index contributed by atoms with van der Waals surface area (Å²) >= 11 is 7.57. The molecule has 2 aromatic carbocycles. The molecule has 1 atom stereocenters. The van der Waals surface area contributed by atoms with Gasteiger partial charge in [0.1, 0.15) is 11.9 Å². The van der Waals surface area contributed by atoms with Gasteiger partial charge in [-0.25, -0.2) is 4.39 Å². The van der Waals surface area contributed by atoms with Gasteiger partial charge in [0.2, 0.25) is 0 Å². The minimum atomic E-state index is -0.834. The van der Waals surface area contributed by atoms with E-state index in [9.17, 15) is 9.50 Å². The van der Waals surface area contributed by atoms with Gasteiger partial charge >= 0.3 is 0 Å². The van der Waals surface area contributed by atoms with Crippen molar-refractivity contribution in [2.24, 2.45) is 0 Å². The standard InChI is InChI=1S/C16H12ClFOS/c1-9-6-11(12(17)8-13(9)18)16(19)15-7-10-4-2-3-5-14(10)20-15/h2-8,16,19H,1H3. The summed E-state index contributed by atoms with van der Waals surface area (Å²) in [7, 11) is 0. The average Bonchev–Trinajstić information content (AvgIpc) is 2.86. The van der Waals surface area contributed by atoms with Crippen molar-refractivity contribution in [2.75, 3.05) is 0 Å². The van der Waals surface area contributed by atoms with Crippen molar-refractivity contribution in [1.29, 1.82) is 0 Å². The molecular weight excluding hydrogens is 295 g/mol. The molecule has 1 unspecified atom stereocenters. The van der Waals surface area contributed by atoms with Crippen molar-refractivity contribution in [3.63, 3.8) is 0 Å². The number of benzene rings is 2. The maximum atomic E-state index is 13.4. The van der Waals surface area contributed by atoms with Crippen LogP contribution in [-0.4, -0.2) is 5.11 Å². The molecule has 1 aromatic heterocycles. The quantitative estimate of drug-likeness (QED) is 0.699. The lowest BCUT2D eigenvalue weighted by atomic mass is 10.0. The van der Waals surface area contributed by atoms with Crippen LogP contribution in [0.3, 0.4) is 0 Å². The number of halogens is 2. The van der Waals surface area contributed by atoms with Crippen molar-refractivity contribution < 1.29 is 9.50 Å². The van der Waals surface area contributed by atoms with E-state index in [1.54, 1.807) is 13.0 Å². The maximum Gasteiger partial charge on any atom is 0.127 e. The SMILES string of the molecule is Cc1cc(C(O)c2cc3ccccc3s2)c(Cl)cc1F. The minimum Gasteiger partial charge on any atom is -0.383 e. The van der Waals surface area contributed by atoms with Gasteiger partial charge in [-0.3, -0.25) is 0 Å². The van der Waals surface area contributed by atoms with Gasteiger partial charge in [0, 0.05) is 20.2 Å². The van der Waals surface area contributed by atoms with Gasteiger partial charge < -0.3 is 5.11 Å². The minimum absolute atomic E-state index is 0.248. The fraction of sp³-hybridized carbons (Fsp3) is 0.125. The van der Waals surface area contributed by atoms with Crippen LogP contribution in [0.4, 0.5) is 4.39 Å². The molecule has 102 valence electrons. The van der Waals surface area contributed by atoms with Gasteiger partial charge in [-0.05, 0) is 42.1 Å². The fourth-order valence-corrected chi connectivity index (χ4v) is 3.50. The van der Waals surface area contributed by atoms with E-state index in [1.165, 1.54) is 17.4 Å². The zero-order chi connectivity index (χ0) is 14.3. The van der Waals surface area contributed by atoms with Gasteiger partial charge in [-0.1, -0.05) is 29.8 Å². The van der Waals surface area contributed by atoms with Gasteiger partial charge in [-0.2, -0.15) is 0 Å². The van der Waals surface area contributed by atoms with Crippen LogP contribution >= 0.6 is 22.9 Å². The van der Waals surface area contributed by atoms with Crippen LogP contribution in [0.1, 0.15) is 22.1 Å². The van der Waals surface area contributed by atoms with Crippen LogP contribution in [-0.2, 0) is 0 Å². The summed E-state index contributed by atoms with van der Waals surface area (Å²) in [5.74, 6) is -0.359. The van der Waals surface area contributed by atoms with Crippen LogP contribution < -0.4 is 0 Å². The van der Waals surface area contributed by atoms with E-state index in [0.717, 1.165) is 15.0 Å². The van der Waals surface area contributed by atoms with E-state index in [-0.39, 0.29) is 10.8 Å². The van der Waals surface area contributed by atoms with Gasteiger partial charge in [0.05, 0.1) is 0 Å². The van der Waals surface area contributed by atoms with E-state index < -0.39 is 6.10 Å². The molecule has 0 amide bonds. The molecule has 0 saturated heterocycles. The first-order valence-electron chi connectivity index (χ1n) is 6.18. The van der Waals surface area contributed by atoms with Gasteiger partial charge in [0.25, 0.3) is 0 Å². The summed E-state index contributed by atoms with van der Waals surface area (Å²) in [6.45, 7) is 1.66. The van der Waals surface area contributed by atoms with Crippen molar-refractivity contribution in [3.05, 3.63) is 69.3 Å². The second-order valence-electron chi connectivity index (χ2n) is 4.71. The molecule has 0 radical (unpaired) electrons. The lowest BCUT2D eigenvalue weighted by molar-refractivity contribution is 0.224. The van der Waals surface area contributed by atoms with E-state index in [0.29, 0.717) is 11.1 Å². The first-order chi connectivity index (χ1) is 9.56. The summed E-state index contributed by atoms with van der Waals surface area (Å²) in [5, 5.41) is 11.8. The van der Waals surface area contributed by atoms with Crippen LogP contribution in [0.2, 0.25) is 5.02 Å². The Morgan fingerprint density at radius 3 is 2.70 bits per heavy atom. The Morgan fingerprint density at radius 1 is 1.20 bits per heavy atom. The summed E-state index contributed by atoms with van der Waals surface area (Å²) in [4.78, 5) is 0.805. The highest BCUT2D eigenvalue weighted by Crippen LogP contribution is 2.36. The molecular formula is C16H12ClFOS. The lowest BCUT2D eigenvalue weighted by Crippen LogP contribution is -2.00. The molecule has 1 N–H and O–H groups in total. The molecule has 0 aliphatic rings. The molecule has 0 spiro atoms. The smallest absolute Gasteiger partial charge is 0.127 e. The Kier molecular flexibility index (Phi) is 3.50. The Hall–Kier alpha value is -1.42. The number of aliphatic hydroxyl groups excluding tert-OH is 1. The van der Waals surface area contributed by atoms with E-state index in [4.69, 9.17) is 11.6 Å². The number of aryl methyl sites for hydroxylation is 1. The number of hydrogen-bond donors (Lipinski definition) is 1. The number of hydrogen-bond acceptors (Lipinski definition) is 2. The van der Waals surface area contributed by atoms with E-state index >= 15 is 0 Å². The predicted molar refractivity (Wildman–Crippen MR) is 82.0 cm³/mol. The highest BCUT2D eigenvalue weighted by atomic mass is 35.5. The largest absolute Gasteiger partial charge is 0.383 e. The molecule has 4 heteroatoms. The number of aliphatic hydroxyl groups is 1. The molecule has 0 fully saturated rings. The topological polar surface area (TPSA) is 20.2 Å². The Balaban J connectivity index is 2.07. The summed E-state index contributed by atoms with van der Waals surface area (Å²) in [6.07, 6.45) is -0.834. The fourth-order valence-electron chi connectivity index (χ4n) is 2.18. The number of thiophene rings is 1. The molecule has 20 heavy (non-hydrogen) atoms. The van der Waals surface area contributed by atoms with Crippen LogP contribution in [0.25, 0.3) is 10.1 Å².